The van der Waals surface area contributed by atoms with Gasteiger partial charge >= 0.3 is 0 Å². The molecule has 32 heavy (non-hydrogen) atoms. The van der Waals surface area contributed by atoms with Crippen LogP contribution in [-0.4, -0.2) is 58.3 Å². The Balaban J connectivity index is 2.35. The monoisotopic (exact) mass is 446 g/mol. The van der Waals surface area contributed by atoms with Crippen LogP contribution < -0.4 is 26.0 Å². The largest absolute Gasteiger partial charge is 0.548 e. The van der Waals surface area contributed by atoms with Crippen LogP contribution in [0, 0.1) is 0 Å². The quantitative estimate of drug-likeness (QED) is 0.128. The molecular weight excluding hydrogens is 420 g/mol. The highest BCUT2D eigenvalue weighted by molar-refractivity contribution is 6.02. The molecule has 0 aliphatic rings. The van der Waals surface area contributed by atoms with Gasteiger partial charge in [0.25, 0.3) is 5.91 Å². The summed E-state index contributed by atoms with van der Waals surface area (Å²) in [6.45, 7) is -0.539. The summed E-state index contributed by atoms with van der Waals surface area (Å²) >= 11 is 0. The number of nitrogens with zero attached hydrogens (tertiary/aromatic N) is 1. The zero-order valence-electron chi connectivity index (χ0n) is 17.2. The Morgan fingerprint density at radius 1 is 1.03 bits per heavy atom. The Labute approximate surface area is 184 Å². The molecule has 2 unspecified atom stereocenters. The number of rotatable bonds is 11. The van der Waals surface area contributed by atoms with Crippen molar-refractivity contribution in [1.29, 1.82) is 0 Å². The molecule has 1 heterocycles. The third-order valence-electron chi connectivity index (χ3n) is 4.71. The third-order valence-corrected chi connectivity index (χ3v) is 4.71. The van der Waals surface area contributed by atoms with Gasteiger partial charge in [0.1, 0.15) is 6.04 Å². The topological polar surface area (TPSA) is 189 Å². The van der Waals surface area contributed by atoms with Crippen molar-refractivity contribution in [3.05, 3.63) is 48.3 Å². The Hall–Kier alpha value is -3.70. The average Bonchev–Trinajstić information content (AvgIpc) is 2.78. The highest BCUT2D eigenvalue weighted by Crippen LogP contribution is 2.31. The predicted molar refractivity (Wildman–Crippen MR) is 109 cm³/mol. The number of aromatic hydroxyl groups is 2. The van der Waals surface area contributed by atoms with Crippen molar-refractivity contribution in [1.82, 2.24) is 10.6 Å². The molecule has 0 saturated heterocycles. The average molecular weight is 446 g/mol. The molecule has 2 aromatic rings. The number of hydrogen-bond acceptors (Lipinski definition) is 8. The van der Waals surface area contributed by atoms with Gasteiger partial charge in [0.05, 0.1) is 18.6 Å². The van der Waals surface area contributed by atoms with Gasteiger partial charge in [-0.1, -0.05) is 6.07 Å². The number of unbranched alkanes of at least 4 members (excludes halogenated alkanes) is 1. The van der Waals surface area contributed by atoms with Crippen molar-refractivity contribution in [3.8, 4) is 17.2 Å². The van der Waals surface area contributed by atoms with Crippen LogP contribution >= 0.6 is 0 Å². The van der Waals surface area contributed by atoms with E-state index in [0.29, 0.717) is 19.4 Å². The van der Waals surface area contributed by atoms with Crippen LogP contribution in [0.4, 0.5) is 0 Å². The van der Waals surface area contributed by atoms with Crippen LogP contribution in [0.25, 0.3) is 5.69 Å². The van der Waals surface area contributed by atoms with Gasteiger partial charge in [-0.2, -0.15) is 4.57 Å². The number of phenols is 2. The van der Waals surface area contributed by atoms with Gasteiger partial charge in [0, 0.05) is 18.2 Å². The number of carbonyl (C=O) groups excluding carboxylic acids is 3. The minimum atomic E-state index is -1.68. The molecule has 2 atom stereocenters. The first-order valence-corrected chi connectivity index (χ1v) is 9.94. The van der Waals surface area contributed by atoms with E-state index in [4.69, 9.17) is 10.8 Å². The number of aromatic nitrogens is 1. The van der Waals surface area contributed by atoms with Gasteiger partial charge in [-0.15, -0.1) is 0 Å². The van der Waals surface area contributed by atoms with Crippen molar-refractivity contribution in [2.75, 3.05) is 13.2 Å². The molecule has 11 nitrogen and oxygen atoms in total. The number of carboxylic acid groups (broad SMARTS) is 1. The summed E-state index contributed by atoms with van der Waals surface area (Å²) in [5, 5.41) is 45.0. The van der Waals surface area contributed by atoms with Gasteiger partial charge in [0.2, 0.25) is 11.6 Å². The van der Waals surface area contributed by atoms with Crippen LogP contribution in [0.5, 0.6) is 11.5 Å². The molecule has 11 heteroatoms. The van der Waals surface area contributed by atoms with E-state index in [0.717, 1.165) is 0 Å². The molecule has 172 valence electrons. The number of hydrogen-bond donors (Lipinski definition) is 6. The van der Waals surface area contributed by atoms with Gasteiger partial charge in [-0.25, -0.2) is 0 Å². The summed E-state index contributed by atoms with van der Waals surface area (Å²) in [5.41, 5.74) is 5.43. The molecule has 1 aromatic carbocycles. The molecule has 0 aliphatic heterocycles. The molecule has 0 fully saturated rings. The van der Waals surface area contributed by atoms with E-state index in [9.17, 15) is 29.7 Å². The summed E-state index contributed by atoms with van der Waals surface area (Å²) in [5.74, 6) is -4.61. The molecule has 0 spiro atoms. The molecule has 2 rings (SSSR count). The maximum atomic E-state index is 13.1. The molecule has 0 saturated carbocycles. The summed E-state index contributed by atoms with van der Waals surface area (Å²) < 4.78 is 1.54. The van der Waals surface area contributed by atoms with E-state index < -0.39 is 48.0 Å². The maximum absolute atomic E-state index is 13.1. The van der Waals surface area contributed by atoms with E-state index in [1.165, 1.54) is 16.7 Å². The van der Waals surface area contributed by atoms with E-state index in [-0.39, 0.29) is 17.7 Å². The lowest BCUT2D eigenvalue weighted by atomic mass is 10.1. The van der Waals surface area contributed by atoms with E-state index in [2.05, 4.69) is 10.6 Å². The first-order valence-electron chi connectivity index (χ1n) is 9.94. The number of phenolic OH excluding ortho intramolecular Hbond substituents is 2. The molecular formula is C21H26N4O7. The summed E-state index contributed by atoms with van der Waals surface area (Å²) in [7, 11) is 0. The number of aliphatic hydroxyl groups is 1. The van der Waals surface area contributed by atoms with Crippen molar-refractivity contribution < 1.29 is 39.4 Å². The summed E-state index contributed by atoms with van der Waals surface area (Å²) in [6.07, 6.45) is 4.36. The van der Waals surface area contributed by atoms with Crippen molar-refractivity contribution in [2.24, 2.45) is 5.73 Å². The second-order valence-electron chi connectivity index (χ2n) is 6.98. The number of benzene rings is 1. The standard InChI is InChI=1S/C21H26N4O7/c22-9-3-2-6-13(19(29)24-14(12-26)21(31)32)23-20(30)17-15(7-8-16(27)18(17)28)25-10-4-1-5-11-25/h1,4-5,7-8,10-11,13-14,26H,2-3,6,9,12,22H2,(H4-,23,24,27,28,29,30,31,32). The second kappa shape index (κ2) is 11.6. The van der Waals surface area contributed by atoms with Crippen molar-refractivity contribution in [3.63, 3.8) is 0 Å². The minimum Gasteiger partial charge on any atom is -0.548 e. The summed E-state index contributed by atoms with van der Waals surface area (Å²) in [6, 6.07) is 4.94. The SMILES string of the molecule is NCCCCC(NC(=O)c1c(-[n+]2ccccc2)ccc(O)c1O)C(=O)NC(CO)C(=O)[O-]. The molecule has 0 bridgehead atoms. The van der Waals surface area contributed by atoms with E-state index in [1.807, 2.05) is 0 Å². The lowest BCUT2D eigenvalue weighted by Gasteiger charge is -2.23. The predicted octanol–water partition coefficient (Wildman–Crippen LogP) is -2.17. The van der Waals surface area contributed by atoms with Crippen molar-refractivity contribution in [2.45, 2.75) is 31.3 Å². The van der Waals surface area contributed by atoms with Crippen LogP contribution in [0.15, 0.2) is 42.7 Å². The zero-order chi connectivity index (χ0) is 23.7. The maximum Gasteiger partial charge on any atom is 0.262 e. The molecule has 2 amide bonds. The van der Waals surface area contributed by atoms with E-state index >= 15 is 0 Å². The van der Waals surface area contributed by atoms with E-state index in [1.54, 1.807) is 30.6 Å². The second-order valence-corrected chi connectivity index (χ2v) is 6.98. The Morgan fingerprint density at radius 2 is 1.72 bits per heavy atom. The highest BCUT2D eigenvalue weighted by atomic mass is 16.4. The fraction of sp³-hybridized carbons (Fsp3) is 0.333. The normalized spacial score (nSPS) is 12.6. The number of aliphatic hydroxyl groups excluding tert-OH is 1. The molecule has 1 aromatic heterocycles. The minimum absolute atomic E-state index is 0.118. The molecule has 0 radical (unpaired) electrons. The number of carboxylic acids is 1. The Morgan fingerprint density at radius 3 is 2.31 bits per heavy atom. The zero-order valence-corrected chi connectivity index (χ0v) is 17.2. The highest BCUT2D eigenvalue weighted by Gasteiger charge is 2.30. The molecule has 7 N–H and O–H groups in total. The lowest BCUT2D eigenvalue weighted by molar-refractivity contribution is -0.595. The number of nitrogens with two attached hydrogens (primary N) is 1. The van der Waals surface area contributed by atoms with Crippen LogP contribution in [0.3, 0.4) is 0 Å². The number of amides is 2. The Bertz CT molecular complexity index is 953. The van der Waals surface area contributed by atoms with Gasteiger partial charge < -0.3 is 41.6 Å². The third kappa shape index (κ3) is 6.15. The number of aliphatic carboxylic acids is 1. The lowest BCUT2D eigenvalue weighted by Crippen LogP contribution is -2.55. The Kier molecular flexibility index (Phi) is 8.93. The smallest absolute Gasteiger partial charge is 0.262 e. The van der Waals surface area contributed by atoms with Gasteiger partial charge in [-0.3, -0.25) is 9.59 Å². The number of pyridine rings is 1. The fourth-order valence-electron chi connectivity index (χ4n) is 3.01. The van der Waals surface area contributed by atoms with Crippen LogP contribution in [0.2, 0.25) is 0 Å². The summed E-state index contributed by atoms with van der Waals surface area (Å²) in [4.78, 5) is 36.7. The van der Waals surface area contributed by atoms with Crippen LogP contribution in [-0.2, 0) is 9.59 Å². The van der Waals surface area contributed by atoms with Crippen molar-refractivity contribution >= 4 is 17.8 Å². The van der Waals surface area contributed by atoms with Gasteiger partial charge in [0.15, 0.2) is 29.5 Å². The first kappa shape index (κ1) is 24.6. The fourth-order valence-corrected chi connectivity index (χ4v) is 3.01. The molecule has 0 aliphatic carbocycles. The number of nitrogens with one attached hydrogen (secondary N) is 2. The number of carbonyl (C=O) groups is 3. The first-order chi connectivity index (χ1) is 15.3. The van der Waals surface area contributed by atoms with Crippen LogP contribution in [0.1, 0.15) is 29.6 Å². The van der Waals surface area contributed by atoms with Gasteiger partial charge in [-0.05, 0) is 31.9 Å².